The van der Waals surface area contributed by atoms with Crippen LogP contribution in [-0.4, -0.2) is 25.2 Å². The molecule has 0 saturated heterocycles. The molecule has 5 heteroatoms. The van der Waals surface area contributed by atoms with E-state index >= 15 is 0 Å². The third kappa shape index (κ3) is 7.08. The van der Waals surface area contributed by atoms with Crippen LogP contribution < -0.4 is 11.1 Å². The number of hydrogen-bond donors (Lipinski definition) is 2. The summed E-state index contributed by atoms with van der Waals surface area (Å²) in [5, 5.41) is 2.84. The van der Waals surface area contributed by atoms with Crippen LogP contribution in [0.3, 0.4) is 0 Å². The second-order valence-electron chi connectivity index (χ2n) is 4.52. The van der Waals surface area contributed by atoms with Gasteiger partial charge in [-0.1, -0.05) is 37.3 Å². The Kier molecular flexibility index (Phi) is 6.43. The van der Waals surface area contributed by atoms with Crippen molar-refractivity contribution in [3.63, 3.8) is 0 Å². The minimum absolute atomic E-state index is 0.0378. The summed E-state index contributed by atoms with van der Waals surface area (Å²) in [5.74, 6) is -0.0827. The first-order chi connectivity index (χ1) is 9.08. The maximum Gasteiger partial charge on any atom is 0.404 e. The van der Waals surface area contributed by atoms with Gasteiger partial charge in [0.05, 0.1) is 6.61 Å². The van der Waals surface area contributed by atoms with Crippen molar-refractivity contribution in [3.05, 3.63) is 35.9 Å². The lowest BCUT2D eigenvalue weighted by molar-refractivity contribution is -0.122. The van der Waals surface area contributed by atoms with E-state index in [2.05, 4.69) is 10.1 Å². The van der Waals surface area contributed by atoms with E-state index in [1.54, 1.807) is 0 Å². The van der Waals surface area contributed by atoms with Crippen LogP contribution in [0.4, 0.5) is 4.79 Å². The minimum atomic E-state index is -0.809. The molecule has 0 saturated carbocycles. The number of rotatable bonds is 7. The molecule has 1 unspecified atom stereocenters. The number of amides is 2. The SMILES string of the molecule is CC(COC(N)=O)CC(=O)NCCc1ccccc1. The number of primary amides is 1. The molecule has 5 nitrogen and oxygen atoms in total. The van der Waals surface area contributed by atoms with Gasteiger partial charge in [-0.05, 0) is 17.9 Å². The number of ether oxygens (including phenoxy) is 1. The molecule has 3 N–H and O–H groups in total. The van der Waals surface area contributed by atoms with Crippen LogP contribution in [0.5, 0.6) is 0 Å². The maximum absolute atomic E-state index is 11.6. The highest BCUT2D eigenvalue weighted by Crippen LogP contribution is 2.03. The number of nitrogens with two attached hydrogens (primary N) is 1. The Morgan fingerprint density at radius 2 is 2.00 bits per heavy atom. The maximum atomic E-state index is 11.6. The fourth-order valence-electron chi connectivity index (χ4n) is 1.66. The zero-order valence-electron chi connectivity index (χ0n) is 11.1. The van der Waals surface area contributed by atoms with E-state index in [4.69, 9.17) is 5.73 Å². The van der Waals surface area contributed by atoms with Crippen molar-refractivity contribution in [1.82, 2.24) is 5.32 Å². The van der Waals surface area contributed by atoms with Crippen molar-refractivity contribution < 1.29 is 14.3 Å². The number of nitrogens with one attached hydrogen (secondary N) is 1. The van der Waals surface area contributed by atoms with E-state index < -0.39 is 6.09 Å². The van der Waals surface area contributed by atoms with Gasteiger partial charge in [-0.25, -0.2) is 4.79 Å². The number of hydrogen-bond acceptors (Lipinski definition) is 3. The van der Waals surface area contributed by atoms with E-state index in [9.17, 15) is 9.59 Å². The monoisotopic (exact) mass is 264 g/mol. The summed E-state index contributed by atoms with van der Waals surface area (Å²) in [7, 11) is 0. The molecule has 0 bridgehead atoms. The van der Waals surface area contributed by atoms with Gasteiger partial charge in [-0.15, -0.1) is 0 Å². The van der Waals surface area contributed by atoms with Crippen LogP contribution in [0, 0.1) is 5.92 Å². The third-order valence-electron chi connectivity index (χ3n) is 2.62. The van der Waals surface area contributed by atoms with E-state index in [0.717, 1.165) is 6.42 Å². The normalized spacial score (nSPS) is 11.6. The summed E-state index contributed by atoms with van der Waals surface area (Å²) in [4.78, 5) is 22.0. The molecule has 0 fully saturated rings. The molecule has 0 radical (unpaired) electrons. The Balaban J connectivity index is 2.15. The summed E-state index contributed by atoms with van der Waals surface area (Å²) >= 11 is 0. The third-order valence-corrected chi connectivity index (χ3v) is 2.62. The average Bonchev–Trinajstić information content (AvgIpc) is 2.37. The molecule has 19 heavy (non-hydrogen) atoms. The standard InChI is InChI=1S/C14H20N2O3/c1-11(10-19-14(15)18)9-13(17)16-8-7-12-5-3-2-4-6-12/h2-6,11H,7-10H2,1H3,(H2,15,18)(H,16,17). The van der Waals surface area contributed by atoms with Crippen molar-refractivity contribution in [1.29, 1.82) is 0 Å². The Bertz CT molecular complexity index is 406. The van der Waals surface area contributed by atoms with Gasteiger partial charge in [-0.2, -0.15) is 0 Å². The van der Waals surface area contributed by atoms with Gasteiger partial charge in [0.15, 0.2) is 0 Å². The summed E-state index contributed by atoms with van der Waals surface area (Å²) in [6, 6.07) is 9.95. The highest BCUT2D eigenvalue weighted by atomic mass is 16.5. The van der Waals surface area contributed by atoms with Gasteiger partial charge < -0.3 is 15.8 Å². The number of benzene rings is 1. The van der Waals surface area contributed by atoms with Crippen LogP contribution in [-0.2, 0) is 16.0 Å². The second kappa shape index (κ2) is 8.13. The topological polar surface area (TPSA) is 81.4 Å². The van der Waals surface area contributed by atoms with Crippen LogP contribution in [0.2, 0.25) is 0 Å². The summed E-state index contributed by atoms with van der Waals surface area (Å²) < 4.78 is 4.64. The molecule has 0 aromatic heterocycles. The predicted molar refractivity (Wildman–Crippen MR) is 72.5 cm³/mol. The molecule has 0 spiro atoms. The first-order valence-electron chi connectivity index (χ1n) is 6.30. The van der Waals surface area contributed by atoms with Crippen molar-refractivity contribution in [2.24, 2.45) is 11.7 Å². The lowest BCUT2D eigenvalue weighted by Crippen LogP contribution is -2.28. The van der Waals surface area contributed by atoms with E-state index in [1.807, 2.05) is 37.3 Å². The molecule has 104 valence electrons. The Morgan fingerprint density at radius 1 is 1.32 bits per heavy atom. The summed E-state index contributed by atoms with van der Waals surface area (Å²) in [6.07, 6.45) is 0.317. The molecule has 1 rings (SSSR count). The highest BCUT2D eigenvalue weighted by Gasteiger charge is 2.10. The summed E-state index contributed by atoms with van der Waals surface area (Å²) in [6.45, 7) is 2.60. The van der Waals surface area contributed by atoms with E-state index in [0.29, 0.717) is 13.0 Å². The molecule has 0 aliphatic heterocycles. The molecule has 1 aromatic carbocycles. The first-order valence-corrected chi connectivity index (χ1v) is 6.30. The van der Waals surface area contributed by atoms with Crippen molar-refractivity contribution >= 4 is 12.0 Å². The van der Waals surface area contributed by atoms with Crippen LogP contribution in [0.15, 0.2) is 30.3 Å². The zero-order chi connectivity index (χ0) is 14.1. The minimum Gasteiger partial charge on any atom is -0.449 e. The Labute approximate surface area is 113 Å². The molecular weight excluding hydrogens is 244 g/mol. The van der Waals surface area contributed by atoms with Gasteiger partial charge >= 0.3 is 6.09 Å². The smallest absolute Gasteiger partial charge is 0.404 e. The highest BCUT2D eigenvalue weighted by molar-refractivity contribution is 5.76. The van der Waals surface area contributed by atoms with Crippen molar-refractivity contribution in [2.75, 3.05) is 13.2 Å². The quantitative estimate of drug-likeness (QED) is 0.782. The van der Waals surface area contributed by atoms with Crippen LogP contribution >= 0.6 is 0 Å². The van der Waals surface area contributed by atoms with Gasteiger partial charge in [0.2, 0.25) is 5.91 Å². The molecule has 0 aliphatic carbocycles. The Morgan fingerprint density at radius 3 is 2.63 bits per heavy atom. The lowest BCUT2D eigenvalue weighted by Gasteiger charge is -2.11. The molecular formula is C14H20N2O3. The van der Waals surface area contributed by atoms with E-state index in [-0.39, 0.29) is 18.4 Å². The van der Waals surface area contributed by atoms with Gasteiger partial charge in [0, 0.05) is 13.0 Å². The predicted octanol–water partition coefficient (Wildman–Crippen LogP) is 1.47. The number of carbonyl (C=O) groups is 2. The Hall–Kier alpha value is -2.04. The molecule has 0 heterocycles. The molecule has 2 amide bonds. The number of carbonyl (C=O) groups excluding carboxylic acids is 2. The van der Waals surface area contributed by atoms with E-state index in [1.165, 1.54) is 5.56 Å². The van der Waals surface area contributed by atoms with Crippen LogP contribution in [0.1, 0.15) is 18.9 Å². The van der Waals surface area contributed by atoms with Gasteiger partial charge in [0.25, 0.3) is 0 Å². The van der Waals surface area contributed by atoms with Crippen molar-refractivity contribution in [3.8, 4) is 0 Å². The average molecular weight is 264 g/mol. The largest absolute Gasteiger partial charge is 0.449 e. The zero-order valence-corrected chi connectivity index (χ0v) is 11.1. The molecule has 1 aromatic rings. The van der Waals surface area contributed by atoms with Crippen LogP contribution in [0.25, 0.3) is 0 Å². The lowest BCUT2D eigenvalue weighted by atomic mass is 10.1. The molecule has 1 atom stereocenters. The fraction of sp³-hybridized carbons (Fsp3) is 0.429. The first kappa shape index (κ1) is 15.0. The van der Waals surface area contributed by atoms with Gasteiger partial charge in [-0.3, -0.25) is 4.79 Å². The fourth-order valence-corrected chi connectivity index (χ4v) is 1.66. The van der Waals surface area contributed by atoms with Gasteiger partial charge in [0.1, 0.15) is 0 Å². The van der Waals surface area contributed by atoms with Crippen molar-refractivity contribution in [2.45, 2.75) is 19.8 Å². The summed E-state index contributed by atoms with van der Waals surface area (Å²) in [5.41, 5.74) is 6.04. The molecule has 0 aliphatic rings. The second-order valence-corrected chi connectivity index (χ2v) is 4.52.